The zero-order valence-electron chi connectivity index (χ0n) is 10.4. The van der Waals surface area contributed by atoms with Crippen LogP contribution in [0.1, 0.15) is 23.6 Å². The summed E-state index contributed by atoms with van der Waals surface area (Å²) in [5.74, 6) is 1.93. The number of hydrogen-bond acceptors (Lipinski definition) is 3. The van der Waals surface area contributed by atoms with Crippen molar-refractivity contribution in [3.63, 3.8) is 0 Å². The van der Waals surface area contributed by atoms with Crippen molar-refractivity contribution >= 4 is 11.8 Å². The van der Waals surface area contributed by atoms with Crippen molar-refractivity contribution in [2.24, 2.45) is 11.7 Å². The summed E-state index contributed by atoms with van der Waals surface area (Å²) in [6.45, 7) is 1.97. The van der Waals surface area contributed by atoms with Gasteiger partial charge in [0.15, 0.2) is 0 Å². The van der Waals surface area contributed by atoms with Gasteiger partial charge in [0.05, 0.1) is 0 Å². The minimum absolute atomic E-state index is 0.583. The molecule has 17 heavy (non-hydrogen) atoms. The number of nitrogens with zero attached hydrogens (tertiary/aromatic N) is 1. The van der Waals surface area contributed by atoms with Gasteiger partial charge in [0, 0.05) is 23.2 Å². The van der Waals surface area contributed by atoms with Crippen LogP contribution >= 0.6 is 11.8 Å². The van der Waals surface area contributed by atoms with Crippen molar-refractivity contribution in [3.8, 4) is 0 Å². The maximum Gasteiger partial charge on any atom is 0.0348 e. The molecule has 0 amide bonds. The highest BCUT2D eigenvalue weighted by molar-refractivity contribution is 7.99. The number of aryl methyl sites for hydroxylation is 1. The fraction of sp³-hybridized carbons (Fsp3) is 0.571. The standard InChI is InChI=1S/C14H20N2S/c1-16-9-10(8-15)6-13(16)11-2-3-14-12(7-11)4-5-17-14/h2-3,7,10,13H,4-6,8-9,15H2,1H3. The average molecular weight is 248 g/mol. The van der Waals surface area contributed by atoms with Crippen molar-refractivity contribution < 1.29 is 0 Å². The topological polar surface area (TPSA) is 29.3 Å². The number of benzene rings is 1. The molecule has 2 aliphatic heterocycles. The highest BCUT2D eigenvalue weighted by Gasteiger charge is 2.30. The van der Waals surface area contributed by atoms with Gasteiger partial charge in [-0.05, 0) is 49.5 Å². The summed E-state index contributed by atoms with van der Waals surface area (Å²) in [5.41, 5.74) is 8.84. The molecule has 1 fully saturated rings. The van der Waals surface area contributed by atoms with Crippen molar-refractivity contribution in [2.45, 2.75) is 23.8 Å². The molecule has 1 aromatic carbocycles. The largest absolute Gasteiger partial charge is 0.330 e. The molecule has 3 rings (SSSR count). The van der Waals surface area contributed by atoms with E-state index in [9.17, 15) is 0 Å². The predicted octanol–water partition coefficient (Wildman–Crippen LogP) is 2.29. The molecular formula is C14H20N2S. The first-order valence-electron chi connectivity index (χ1n) is 6.44. The first-order chi connectivity index (χ1) is 8.28. The van der Waals surface area contributed by atoms with E-state index in [1.807, 2.05) is 11.8 Å². The molecule has 1 aromatic rings. The number of rotatable bonds is 2. The second-order valence-electron chi connectivity index (χ2n) is 5.26. The van der Waals surface area contributed by atoms with E-state index in [0.717, 1.165) is 13.1 Å². The fourth-order valence-corrected chi connectivity index (χ4v) is 4.13. The number of hydrogen-bond donors (Lipinski definition) is 1. The lowest BCUT2D eigenvalue weighted by Gasteiger charge is -2.20. The van der Waals surface area contributed by atoms with Gasteiger partial charge in [0.1, 0.15) is 0 Å². The van der Waals surface area contributed by atoms with Crippen molar-refractivity contribution in [1.29, 1.82) is 0 Å². The molecule has 0 bridgehead atoms. The van der Waals surface area contributed by atoms with Crippen LogP contribution in [-0.2, 0) is 6.42 Å². The van der Waals surface area contributed by atoms with E-state index in [-0.39, 0.29) is 0 Å². The maximum absolute atomic E-state index is 5.80. The molecule has 2 heterocycles. The molecule has 0 saturated carbocycles. The zero-order chi connectivity index (χ0) is 11.8. The van der Waals surface area contributed by atoms with Crippen LogP contribution in [0.25, 0.3) is 0 Å². The Balaban J connectivity index is 1.84. The smallest absolute Gasteiger partial charge is 0.0348 e. The maximum atomic E-state index is 5.80. The molecule has 2 atom stereocenters. The summed E-state index contributed by atoms with van der Waals surface area (Å²) in [5, 5.41) is 0. The lowest BCUT2D eigenvalue weighted by Crippen LogP contribution is -2.20. The third-order valence-corrected chi connectivity index (χ3v) is 5.18. The highest BCUT2D eigenvalue weighted by Crippen LogP contribution is 2.38. The van der Waals surface area contributed by atoms with Crippen LogP contribution < -0.4 is 5.73 Å². The third-order valence-electron chi connectivity index (χ3n) is 4.07. The summed E-state index contributed by atoms with van der Waals surface area (Å²) in [6, 6.07) is 7.64. The molecule has 92 valence electrons. The summed E-state index contributed by atoms with van der Waals surface area (Å²) in [6.07, 6.45) is 2.46. The van der Waals surface area contributed by atoms with Gasteiger partial charge in [-0.1, -0.05) is 12.1 Å². The van der Waals surface area contributed by atoms with Crippen LogP contribution in [0.15, 0.2) is 23.1 Å². The lowest BCUT2D eigenvalue weighted by molar-refractivity contribution is 0.313. The normalized spacial score (nSPS) is 28.6. The van der Waals surface area contributed by atoms with E-state index < -0.39 is 0 Å². The zero-order valence-corrected chi connectivity index (χ0v) is 11.2. The molecule has 2 N–H and O–H groups in total. The SMILES string of the molecule is CN1CC(CN)CC1c1ccc2c(c1)CCS2. The number of nitrogens with two attached hydrogens (primary N) is 1. The van der Waals surface area contributed by atoms with E-state index >= 15 is 0 Å². The Hall–Kier alpha value is -0.510. The molecule has 2 aliphatic rings. The van der Waals surface area contributed by atoms with Crippen LogP contribution in [0.3, 0.4) is 0 Å². The lowest BCUT2D eigenvalue weighted by atomic mass is 9.98. The Morgan fingerprint density at radius 1 is 1.47 bits per heavy atom. The molecule has 0 spiro atoms. The predicted molar refractivity (Wildman–Crippen MR) is 73.4 cm³/mol. The first kappa shape index (κ1) is 11.6. The number of fused-ring (bicyclic) bond motifs is 1. The quantitative estimate of drug-likeness (QED) is 0.870. The Morgan fingerprint density at radius 2 is 2.35 bits per heavy atom. The molecular weight excluding hydrogens is 228 g/mol. The summed E-state index contributed by atoms with van der Waals surface area (Å²) >= 11 is 1.99. The van der Waals surface area contributed by atoms with E-state index in [2.05, 4.69) is 30.1 Å². The van der Waals surface area contributed by atoms with Gasteiger partial charge in [-0.25, -0.2) is 0 Å². The Bertz CT molecular complexity index is 419. The Morgan fingerprint density at radius 3 is 3.12 bits per heavy atom. The summed E-state index contributed by atoms with van der Waals surface area (Å²) in [4.78, 5) is 3.95. The summed E-state index contributed by atoms with van der Waals surface area (Å²) < 4.78 is 0. The van der Waals surface area contributed by atoms with Gasteiger partial charge >= 0.3 is 0 Å². The molecule has 2 unspecified atom stereocenters. The minimum atomic E-state index is 0.583. The number of likely N-dealkylation sites (tertiary alicyclic amines) is 1. The van der Waals surface area contributed by atoms with Gasteiger partial charge < -0.3 is 5.73 Å². The molecule has 2 nitrogen and oxygen atoms in total. The van der Waals surface area contributed by atoms with Gasteiger partial charge in [0.25, 0.3) is 0 Å². The van der Waals surface area contributed by atoms with E-state index in [1.54, 1.807) is 5.56 Å². The second kappa shape index (κ2) is 4.63. The van der Waals surface area contributed by atoms with Crippen LogP contribution in [0, 0.1) is 5.92 Å². The van der Waals surface area contributed by atoms with Gasteiger partial charge in [0.2, 0.25) is 0 Å². The van der Waals surface area contributed by atoms with Gasteiger partial charge in [-0.15, -0.1) is 11.8 Å². The highest BCUT2D eigenvalue weighted by atomic mass is 32.2. The Labute approximate surface area is 108 Å². The molecule has 0 aliphatic carbocycles. The Kier molecular flexibility index (Phi) is 3.16. The second-order valence-corrected chi connectivity index (χ2v) is 6.40. The van der Waals surface area contributed by atoms with E-state index in [1.165, 1.54) is 29.1 Å². The fourth-order valence-electron chi connectivity index (χ4n) is 3.08. The van der Waals surface area contributed by atoms with Crippen molar-refractivity contribution in [2.75, 3.05) is 25.9 Å². The van der Waals surface area contributed by atoms with Gasteiger partial charge in [-0.3, -0.25) is 4.90 Å². The average Bonchev–Trinajstić information content (AvgIpc) is 2.93. The van der Waals surface area contributed by atoms with Crippen LogP contribution in [0.5, 0.6) is 0 Å². The van der Waals surface area contributed by atoms with Crippen LogP contribution in [0.2, 0.25) is 0 Å². The first-order valence-corrected chi connectivity index (χ1v) is 7.42. The molecule has 3 heteroatoms. The summed E-state index contributed by atoms with van der Waals surface area (Å²) in [7, 11) is 2.22. The van der Waals surface area contributed by atoms with Crippen molar-refractivity contribution in [3.05, 3.63) is 29.3 Å². The van der Waals surface area contributed by atoms with Crippen LogP contribution in [0.4, 0.5) is 0 Å². The molecule has 0 aromatic heterocycles. The van der Waals surface area contributed by atoms with Crippen molar-refractivity contribution in [1.82, 2.24) is 4.90 Å². The number of thioether (sulfide) groups is 1. The van der Waals surface area contributed by atoms with Crippen LogP contribution in [-0.4, -0.2) is 30.8 Å². The monoisotopic (exact) mass is 248 g/mol. The third kappa shape index (κ3) is 2.12. The molecule has 0 radical (unpaired) electrons. The van der Waals surface area contributed by atoms with E-state index in [0.29, 0.717) is 12.0 Å². The minimum Gasteiger partial charge on any atom is -0.330 e. The van der Waals surface area contributed by atoms with Gasteiger partial charge in [-0.2, -0.15) is 0 Å². The molecule has 1 saturated heterocycles. The van der Waals surface area contributed by atoms with E-state index in [4.69, 9.17) is 5.73 Å².